The number of carbonyl (C=O) groups excluding carboxylic acids is 1. The summed E-state index contributed by atoms with van der Waals surface area (Å²) in [7, 11) is 1.56. The fourth-order valence-corrected chi connectivity index (χ4v) is 5.78. The molecule has 196 valence electrons. The van der Waals surface area contributed by atoms with E-state index in [1.807, 2.05) is 0 Å². The second-order valence-corrected chi connectivity index (χ2v) is 11.1. The van der Waals surface area contributed by atoms with Gasteiger partial charge in [0.2, 0.25) is 0 Å². The molecule has 1 aliphatic heterocycles. The first-order valence-corrected chi connectivity index (χ1v) is 13.1. The number of ketones is 1. The van der Waals surface area contributed by atoms with Crippen molar-refractivity contribution < 1.29 is 24.9 Å². The Morgan fingerprint density at radius 1 is 1.31 bits per heavy atom. The van der Waals surface area contributed by atoms with Gasteiger partial charge >= 0.3 is 0 Å². The molecule has 2 heterocycles. The van der Waals surface area contributed by atoms with Crippen LogP contribution in [0, 0.1) is 17.8 Å². The average molecular weight is 490 g/mol. The maximum absolute atomic E-state index is 13.2. The lowest BCUT2D eigenvalue weighted by Crippen LogP contribution is -2.46. The van der Waals surface area contributed by atoms with Crippen LogP contribution in [0.3, 0.4) is 0 Å². The number of hydrogen-bond donors (Lipinski definition) is 3. The third-order valence-corrected chi connectivity index (χ3v) is 8.11. The summed E-state index contributed by atoms with van der Waals surface area (Å²) in [6, 6.07) is 0. The molecule has 3 rings (SSSR count). The third-order valence-electron chi connectivity index (χ3n) is 8.11. The zero-order chi connectivity index (χ0) is 26.1. The van der Waals surface area contributed by atoms with E-state index in [1.54, 1.807) is 7.05 Å². The molecule has 0 spiro atoms. The van der Waals surface area contributed by atoms with Crippen molar-refractivity contribution in [1.29, 1.82) is 0 Å². The Labute approximate surface area is 208 Å². The maximum atomic E-state index is 13.2. The molecule has 0 aromatic carbocycles. The van der Waals surface area contributed by atoms with E-state index in [1.165, 1.54) is 10.8 Å². The fraction of sp³-hybridized carbons (Fsp3) is 0.714. The minimum absolute atomic E-state index is 0.0146. The number of nitrogens with zero attached hydrogens (tertiary/aromatic N) is 1. The van der Waals surface area contributed by atoms with Crippen molar-refractivity contribution in [2.24, 2.45) is 24.8 Å². The van der Waals surface area contributed by atoms with Crippen LogP contribution in [0.5, 0.6) is 5.75 Å². The zero-order valence-corrected chi connectivity index (χ0v) is 22.1. The van der Waals surface area contributed by atoms with Gasteiger partial charge in [0, 0.05) is 31.6 Å². The number of aliphatic hydroxyl groups excluding tert-OH is 1. The molecule has 0 amide bonds. The topological polar surface area (TPSA) is 109 Å². The minimum Gasteiger partial charge on any atom is -0.507 e. The summed E-state index contributed by atoms with van der Waals surface area (Å²) in [4.78, 5) is 24.9. The number of Topliss-reactive ketones (excluding diaryl/α,β-unsaturated/α-hetero) is 1. The van der Waals surface area contributed by atoms with Crippen LogP contribution < -0.4 is 5.56 Å². The lowest BCUT2D eigenvalue weighted by molar-refractivity contribution is -0.143. The first-order chi connectivity index (χ1) is 16.4. The van der Waals surface area contributed by atoms with Crippen LogP contribution >= 0.6 is 0 Å². The molecule has 3 N–H and O–H groups in total. The Kier molecular flexibility index (Phi) is 8.66. The molecule has 35 heavy (non-hydrogen) atoms. The summed E-state index contributed by atoms with van der Waals surface area (Å²) in [6.45, 7) is 10.9. The first kappa shape index (κ1) is 27.6. The van der Waals surface area contributed by atoms with Crippen LogP contribution in [0.1, 0.15) is 96.8 Å². The summed E-state index contributed by atoms with van der Waals surface area (Å²) in [5.41, 5.74) is -0.879. The van der Waals surface area contributed by atoms with Crippen molar-refractivity contribution in [3.05, 3.63) is 39.3 Å². The molecule has 7 heteroatoms. The predicted molar refractivity (Wildman–Crippen MR) is 135 cm³/mol. The van der Waals surface area contributed by atoms with Gasteiger partial charge in [0.1, 0.15) is 17.1 Å². The highest BCUT2D eigenvalue weighted by molar-refractivity contribution is 5.80. The van der Waals surface area contributed by atoms with Crippen LogP contribution in [0.4, 0.5) is 0 Å². The predicted octanol–water partition coefficient (Wildman–Crippen LogP) is 4.27. The van der Waals surface area contributed by atoms with Crippen molar-refractivity contribution in [2.45, 2.75) is 103 Å². The number of pyridine rings is 1. The summed E-state index contributed by atoms with van der Waals surface area (Å²) < 4.78 is 7.79. The standard InChI is InChI=1S/C28H43NO6/c1-7-16(2)12-17(3)13-19(5)26-18(4)8-9-22(35-26)24-25(32)21(15-29(6)27(24)33)28(34)11-10-20(30)14-23(28)31/h13,15-18,22-23,26,31-32,34H,7-12,14H2,1-6H3/b19-13+/t16-,17-,18+,22-,23+,26+,28-/m0/s1. The number of carbonyl (C=O) groups is 1. The monoisotopic (exact) mass is 489 g/mol. The van der Waals surface area contributed by atoms with Crippen LogP contribution in [0.15, 0.2) is 22.6 Å². The quantitative estimate of drug-likeness (QED) is 0.494. The van der Waals surface area contributed by atoms with Crippen molar-refractivity contribution in [3.63, 3.8) is 0 Å². The van der Waals surface area contributed by atoms with Crippen LogP contribution in [-0.4, -0.2) is 37.9 Å². The Morgan fingerprint density at radius 3 is 2.63 bits per heavy atom. The molecule has 1 aromatic heterocycles. The minimum atomic E-state index is -1.80. The highest BCUT2D eigenvalue weighted by Crippen LogP contribution is 2.45. The molecular weight excluding hydrogens is 446 g/mol. The number of aliphatic hydroxyl groups is 2. The van der Waals surface area contributed by atoms with Crippen molar-refractivity contribution in [2.75, 3.05) is 0 Å². The Balaban J connectivity index is 1.95. The Hall–Kier alpha value is -1.96. The van der Waals surface area contributed by atoms with E-state index in [-0.39, 0.29) is 59.5 Å². The van der Waals surface area contributed by atoms with E-state index in [4.69, 9.17) is 4.74 Å². The summed E-state index contributed by atoms with van der Waals surface area (Å²) in [5, 5.41) is 33.1. The first-order valence-electron chi connectivity index (χ1n) is 13.1. The lowest BCUT2D eigenvalue weighted by atomic mass is 9.76. The van der Waals surface area contributed by atoms with E-state index in [0.29, 0.717) is 18.3 Å². The number of aromatic hydroxyl groups is 1. The van der Waals surface area contributed by atoms with E-state index in [2.05, 4.69) is 40.7 Å². The number of hydrogen-bond acceptors (Lipinski definition) is 6. The highest BCUT2D eigenvalue weighted by Gasteiger charge is 2.46. The van der Waals surface area contributed by atoms with Crippen LogP contribution in [0.2, 0.25) is 0 Å². The van der Waals surface area contributed by atoms with Gasteiger partial charge in [-0.3, -0.25) is 9.59 Å². The molecule has 1 aliphatic carbocycles. The number of allylic oxidation sites excluding steroid dienone is 1. The molecular formula is C28H43NO6. The van der Waals surface area contributed by atoms with Crippen LogP contribution in [0.25, 0.3) is 0 Å². The summed E-state index contributed by atoms with van der Waals surface area (Å²) in [5.74, 6) is 0.849. The van der Waals surface area contributed by atoms with Gasteiger partial charge in [0.05, 0.1) is 23.9 Å². The molecule has 0 bridgehead atoms. The molecule has 1 saturated heterocycles. The van der Waals surface area contributed by atoms with Gasteiger partial charge in [-0.05, 0) is 55.9 Å². The smallest absolute Gasteiger partial charge is 0.259 e. The van der Waals surface area contributed by atoms with Crippen molar-refractivity contribution in [1.82, 2.24) is 4.57 Å². The number of aryl methyl sites for hydroxylation is 1. The molecule has 1 aromatic rings. The molecule has 2 fully saturated rings. The largest absolute Gasteiger partial charge is 0.507 e. The van der Waals surface area contributed by atoms with Gasteiger partial charge in [0.15, 0.2) is 0 Å². The van der Waals surface area contributed by atoms with Gasteiger partial charge in [-0.2, -0.15) is 0 Å². The maximum Gasteiger partial charge on any atom is 0.259 e. The highest BCUT2D eigenvalue weighted by atomic mass is 16.5. The SMILES string of the molecule is CC[C@H](C)C[C@H](C)/C=C(\C)[C@@H]1O[C@H](c2c(O)c([C@@]3(O)CCC(=O)C[C@H]3O)cn(C)c2=O)CC[C@H]1C. The molecule has 7 nitrogen and oxygen atoms in total. The summed E-state index contributed by atoms with van der Waals surface area (Å²) >= 11 is 0. The number of rotatable bonds is 7. The molecule has 0 unspecified atom stereocenters. The Morgan fingerprint density at radius 2 is 2.00 bits per heavy atom. The molecule has 0 radical (unpaired) electrons. The van der Waals surface area contributed by atoms with E-state index >= 15 is 0 Å². The van der Waals surface area contributed by atoms with Gasteiger partial charge < -0.3 is 24.6 Å². The second-order valence-electron chi connectivity index (χ2n) is 11.1. The van der Waals surface area contributed by atoms with E-state index in [0.717, 1.165) is 24.8 Å². The third kappa shape index (κ3) is 5.73. The Bertz CT molecular complexity index is 1010. The van der Waals surface area contributed by atoms with Gasteiger partial charge in [0.25, 0.3) is 5.56 Å². The van der Waals surface area contributed by atoms with Gasteiger partial charge in [-0.15, -0.1) is 0 Å². The molecule has 2 aliphatic rings. The van der Waals surface area contributed by atoms with Crippen LogP contribution in [-0.2, 0) is 22.2 Å². The van der Waals surface area contributed by atoms with Crippen molar-refractivity contribution >= 4 is 5.78 Å². The molecule has 1 saturated carbocycles. The normalized spacial score (nSPS) is 31.9. The van der Waals surface area contributed by atoms with E-state index in [9.17, 15) is 24.9 Å². The molecule has 7 atom stereocenters. The number of ether oxygens (including phenoxy) is 1. The van der Waals surface area contributed by atoms with E-state index < -0.39 is 17.8 Å². The van der Waals surface area contributed by atoms with Gasteiger partial charge in [-0.1, -0.05) is 40.2 Å². The summed E-state index contributed by atoms with van der Waals surface area (Å²) in [6.07, 6.45) is 5.01. The fourth-order valence-electron chi connectivity index (χ4n) is 5.78. The average Bonchev–Trinajstić information content (AvgIpc) is 2.79. The van der Waals surface area contributed by atoms with Gasteiger partial charge in [-0.25, -0.2) is 0 Å². The zero-order valence-electron chi connectivity index (χ0n) is 22.1. The van der Waals surface area contributed by atoms with Crippen molar-refractivity contribution in [3.8, 4) is 5.75 Å². The number of aromatic nitrogens is 1. The lowest BCUT2D eigenvalue weighted by Gasteiger charge is -2.39. The second kappa shape index (κ2) is 11.0.